The molecule has 204 valence electrons. The number of nitrogens with zero attached hydrogens (tertiary/aromatic N) is 2. The lowest BCUT2D eigenvalue weighted by molar-refractivity contribution is -0.895. The molecule has 2 N–H and O–H groups in total. The zero-order valence-electron chi connectivity index (χ0n) is 22.4. The van der Waals surface area contributed by atoms with E-state index in [4.69, 9.17) is 4.98 Å². The smallest absolute Gasteiger partial charge is 0.256 e. The normalized spacial score (nSPS) is 22.1. The van der Waals surface area contributed by atoms with Gasteiger partial charge in [0.2, 0.25) is 10.0 Å². The Kier molecular flexibility index (Phi) is 7.09. The Morgan fingerprint density at radius 1 is 1.05 bits per heavy atom. The molecule has 1 fully saturated rings. The van der Waals surface area contributed by atoms with E-state index in [0.29, 0.717) is 30.5 Å². The van der Waals surface area contributed by atoms with Crippen molar-refractivity contribution in [1.82, 2.24) is 9.29 Å². The van der Waals surface area contributed by atoms with Crippen molar-refractivity contribution in [3.05, 3.63) is 64.5 Å². The van der Waals surface area contributed by atoms with Gasteiger partial charge in [0, 0.05) is 30.6 Å². The Labute approximate surface area is 237 Å². The van der Waals surface area contributed by atoms with Gasteiger partial charge in [0.1, 0.15) is 16.6 Å². The number of para-hydroxylation sites is 1. The molecule has 0 spiro atoms. The van der Waals surface area contributed by atoms with Gasteiger partial charge in [0.15, 0.2) is 0 Å². The maximum absolute atomic E-state index is 13.4. The lowest BCUT2D eigenvalue weighted by Crippen LogP contribution is -3.08. The molecule has 7 nitrogen and oxygen atoms in total. The molecule has 39 heavy (non-hydrogen) atoms. The highest BCUT2D eigenvalue weighted by Crippen LogP contribution is 2.44. The Morgan fingerprint density at radius 3 is 2.49 bits per heavy atom. The van der Waals surface area contributed by atoms with Crippen LogP contribution in [0.2, 0.25) is 0 Å². The molecule has 2 aromatic heterocycles. The number of aromatic nitrogens is 1. The summed E-state index contributed by atoms with van der Waals surface area (Å²) in [6.07, 6.45) is 1.98. The van der Waals surface area contributed by atoms with Gasteiger partial charge in [-0.1, -0.05) is 26.0 Å². The number of benzene rings is 2. The summed E-state index contributed by atoms with van der Waals surface area (Å²) in [5, 5.41) is 4.89. The van der Waals surface area contributed by atoms with E-state index in [1.165, 1.54) is 15.3 Å². The number of anilines is 1. The SMILES string of the molecule is CC1CC(C)CN(S(=O)(=O)c2ccc(C(=O)Nc3sc4c(c3-c3nc5ccccc5s3)CC[NH+](C)C4)cc2)C1. The van der Waals surface area contributed by atoms with Crippen molar-refractivity contribution in [3.8, 4) is 10.6 Å². The van der Waals surface area contributed by atoms with Gasteiger partial charge in [-0.05, 0) is 60.2 Å². The zero-order valence-corrected chi connectivity index (χ0v) is 24.8. The number of sulfonamides is 1. The van der Waals surface area contributed by atoms with Crippen LogP contribution in [0.1, 0.15) is 41.1 Å². The molecule has 4 heterocycles. The first-order valence-electron chi connectivity index (χ1n) is 13.4. The number of hydrogen-bond donors (Lipinski definition) is 2. The van der Waals surface area contributed by atoms with Gasteiger partial charge in [0.25, 0.3) is 5.91 Å². The molecule has 2 aromatic carbocycles. The highest BCUT2D eigenvalue weighted by Gasteiger charge is 2.32. The van der Waals surface area contributed by atoms with E-state index in [-0.39, 0.29) is 10.8 Å². The van der Waals surface area contributed by atoms with E-state index in [9.17, 15) is 13.2 Å². The van der Waals surface area contributed by atoms with Gasteiger partial charge in [-0.3, -0.25) is 4.79 Å². The average molecular weight is 582 g/mol. The number of thiophene rings is 1. The van der Waals surface area contributed by atoms with Crippen LogP contribution in [0.15, 0.2) is 53.4 Å². The molecule has 2 aliphatic rings. The van der Waals surface area contributed by atoms with Gasteiger partial charge in [0.05, 0.1) is 33.6 Å². The first kappa shape index (κ1) is 26.6. The molecular formula is C29H33N4O3S3+. The minimum atomic E-state index is -3.60. The topological polar surface area (TPSA) is 83.8 Å². The van der Waals surface area contributed by atoms with Crippen molar-refractivity contribution in [2.24, 2.45) is 11.8 Å². The number of rotatable bonds is 5. The van der Waals surface area contributed by atoms with Crippen LogP contribution in [0.25, 0.3) is 20.8 Å². The van der Waals surface area contributed by atoms with Gasteiger partial charge in [-0.2, -0.15) is 4.31 Å². The molecular weight excluding hydrogens is 549 g/mol. The molecule has 0 aliphatic carbocycles. The minimum absolute atomic E-state index is 0.230. The van der Waals surface area contributed by atoms with Crippen molar-refractivity contribution in [2.45, 2.75) is 38.1 Å². The molecule has 1 saturated heterocycles. The Morgan fingerprint density at radius 2 is 1.77 bits per heavy atom. The van der Waals surface area contributed by atoms with Crippen LogP contribution < -0.4 is 10.2 Å². The van der Waals surface area contributed by atoms with Crippen molar-refractivity contribution in [2.75, 3.05) is 32.0 Å². The summed E-state index contributed by atoms with van der Waals surface area (Å²) in [5.41, 5.74) is 3.71. The summed E-state index contributed by atoms with van der Waals surface area (Å²) in [6.45, 7) is 7.21. The van der Waals surface area contributed by atoms with Crippen LogP contribution in [0.4, 0.5) is 5.00 Å². The fourth-order valence-electron chi connectivity index (χ4n) is 5.82. The summed E-state index contributed by atoms with van der Waals surface area (Å²) < 4.78 is 29.3. The minimum Gasteiger partial charge on any atom is -0.333 e. The summed E-state index contributed by atoms with van der Waals surface area (Å²) in [4.78, 5) is 21.3. The highest BCUT2D eigenvalue weighted by atomic mass is 32.2. The van der Waals surface area contributed by atoms with E-state index >= 15 is 0 Å². The Balaban J connectivity index is 1.28. The van der Waals surface area contributed by atoms with E-state index in [1.54, 1.807) is 51.2 Å². The number of thiazole rings is 1. The van der Waals surface area contributed by atoms with Crippen molar-refractivity contribution in [1.29, 1.82) is 0 Å². The third-order valence-electron chi connectivity index (χ3n) is 7.68. The molecule has 2 aliphatic heterocycles. The molecule has 3 unspecified atom stereocenters. The molecule has 1 amide bonds. The average Bonchev–Trinajstić information content (AvgIpc) is 3.48. The van der Waals surface area contributed by atoms with E-state index in [2.05, 4.69) is 32.3 Å². The number of quaternary nitrogens is 1. The maximum atomic E-state index is 13.4. The van der Waals surface area contributed by atoms with E-state index < -0.39 is 10.0 Å². The number of carbonyl (C=O) groups is 1. The van der Waals surface area contributed by atoms with Crippen LogP contribution in [-0.2, 0) is 23.0 Å². The largest absolute Gasteiger partial charge is 0.333 e. The summed E-state index contributed by atoms with van der Waals surface area (Å²) in [5.74, 6) is 0.410. The number of likely N-dealkylation sites (N-methyl/N-ethyl adjacent to an activating group) is 1. The Hall–Kier alpha value is -2.63. The van der Waals surface area contributed by atoms with Crippen LogP contribution in [0, 0.1) is 11.8 Å². The fraction of sp³-hybridized carbons (Fsp3) is 0.379. The van der Waals surface area contributed by atoms with Gasteiger partial charge < -0.3 is 10.2 Å². The number of nitrogens with one attached hydrogen (secondary N) is 2. The number of piperidine rings is 1. The number of fused-ring (bicyclic) bond motifs is 2. The fourth-order valence-corrected chi connectivity index (χ4v) is 9.97. The summed E-state index contributed by atoms with van der Waals surface area (Å²) in [7, 11) is -1.40. The molecule has 0 saturated carbocycles. The predicted molar refractivity (Wildman–Crippen MR) is 158 cm³/mol. The highest BCUT2D eigenvalue weighted by molar-refractivity contribution is 7.89. The van der Waals surface area contributed by atoms with E-state index in [1.807, 2.05) is 18.2 Å². The lowest BCUT2D eigenvalue weighted by atomic mass is 9.94. The Bertz CT molecular complexity index is 1600. The van der Waals surface area contributed by atoms with Gasteiger partial charge >= 0.3 is 0 Å². The third-order valence-corrected chi connectivity index (χ3v) is 11.7. The molecule has 0 bridgehead atoms. The monoisotopic (exact) mass is 581 g/mol. The second-order valence-electron chi connectivity index (χ2n) is 11.1. The first-order chi connectivity index (χ1) is 18.7. The molecule has 6 rings (SSSR count). The summed E-state index contributed by atoms with van der Waals surface area (Å²) >= 11 is 3.28. The van der Waals surface area contributed by atoms with Crippen LogP contribution in [0.5, 0.6) is 0 Å². The van der Waals surface area contributed by atoms with Gasteiger partial charge in [-0.25, -0.2) is 13.4 Å². The van der Waals surface area contributed by atoms with Crippen LogP contribution in [-0.4, -0.2) is 50.3 Å². The lowest BCUT2D eigenvalue weighted by Gasteiger charge is -2.34. The van der Waals surface area contributed by atoms with E-state index in [0.717, 1.165) is 51.7 Å². The number of hydrogen-bond acceptors (Lipinski definition) is 6. The maximum Gasteiger partial charge on any atom is 0.256 e. The molecule has 3 atom stereocenters. The molecule has 10 heteroatoms. The summed E-state index contributed by atoms with van der Waals surface area (Å²) in [6, 6.07) is 14.4. The van der Waals surface area contributed by atoms with Crippen LogP contribution >= 0.6 is 22.7 Å². The zero-order chi connectivity index (χ0) is 27.3. The molecule has 4 aromatic rings. The van der Waals surface area contributed by atoms with Gasteiger partial charge in [-0.15, -0.1) is 22.7 Å². The third kappa shape index (κ3) is 5.16. The van der Waals surface area contributed by atoms with Crippen molar-refractivity contribution in [3.63, 3.8) is 0 Å². The second kappa shape index (κ2) is 10.4. The van der Waals surface area contributed by atoms with Crippen molar-refractivity contribution < 1.29 is 18.1 Å². The quantitative estimate of drug-likeness (QED) is 0.363. The number of carbonyl (C=O) groups excluding carboxylic acids is 1. The van der Waals surface area contributed by atoms with Crippen LogP contribution in [0.3, 0.4) is 0 Å². The number of amides is 1. The predicted octanol–water partition coefficient (Wildman–Crippen LogP) is 4.51. The second-order valence-corrected chi connectivity index (χ2v) is 15.1. The standard InChI is InChI=1S/C29H32N4O3S3/c1-18-14-19(2)16-33(15-18)39(35,36)21-10-8-20(9-11-21)27(34)31-29-26(22-12-13-32(3)17-25(22)38-29)28-30-23-6-4-5-7-24(23)37-28/h4-11,18-19H,12-17H2,1-3H3,(H,31,34)/p+1. The van der Waals surface area contributed by atoms with Crippen molar-refractivity contribution >= 4 is 53.8 Å². The molecule has 0 radical (unpaired) electrons. The first-order valence-corrected chi connectivity index (χ1v) is 16.5.